The van der Waals surface area contributed by atoms with Crippen molar-refractivity contribution in [1.29, 1.82) is 0 Å². The lowest BCUT2D eigenvalue weighted by Gasteiger charge is -2.35. The topological polar surface area (TPSA) is 86.3 Å². The Hall–Kier alpha value is -2.74. The van der Waals surface area contributed by atoms with Crippen molar-refractivity contribution < 1.29 is 14.1 Å². The highest BCUT2D eigenvalue weighted by atomic mass is 16.5. The predicted octanol–water partition coefficient (Wildman–Crippen LogP) is 3.94. The monoisotopic (exact) mass is 423 g/mol. The van der Waals surface area contributed by atoms with Gasteiger partial charge in [0, 0.05) is 42.6 Å². The number of amides is 1. The van der Waals surface area contributed by atoms with Crippen molar-refractivity contribution in [2.24, 2.45) is 0 Å². The van der Waals surface area contributed by atoms with Crippen molar-refractivity contribution in [2.75, 3.05) is 19.7 Å². The number of rotatable bonds is 4. The molecule has 3 aromatic rings. The number of hydrogen-bond donors (Lipinski definition) is 0. The Labute approximate surface area is 181 Å². The summed E-state index contributed by atoms with van der Waals surface area (Å²) in [4.78, 5) is 19.5. The molecule has 0 saturated carbocycles. The van der Waals surface area contributed by atoms with Gasteiger partial charge in [-0.15, -0.1) is 0 Å². The van der Waals surface area contributed by atoms with E-state index in [1.54, 1.807) is 0 Å². The molecule has 4 heterocycles. The van der Waals surface area contributed by atoms with Gasteiger partial charge in [0.25, 0.3) is 5.91 Å². The van der Waals surface area contributed by atoms with Crippen LogP contribution in [0.3, 0.4) is 0 Å². The molecule has 0 aliphatic carbocycles. The van der Waals surface area contributed by atoms with Crippen LogP contribution in [0.2, 0.25) is 0 Å². The summed E-state index contributed by atoms with van der Waals surface area (Å²) in [6.07, 6.45) is 5.28. The zero-order chi connectivity index (χ0) is 21.6. The summed E-state index contributed by atoms with van der Waals surface area (Å²) in [6, 6.07) is 6.40. The number of aromatic nitrogens is 4. The van der Waals surface area contributed by atoms with Crippen LogP contribution in [0.1, 0.15) is 64.3 Å². The maximum atomic E-state index is 12.9. The quantitative estimate of drug-likeness (QED) is 0.632. The van der Waals surface area contributed by atoms with Crippen molar-refractivity contribution in [3.63, 3.8) is 0 Å². The predicted molar refractivity (Wildman–Crippen MR) is 116 cm³/mol. The van der Waals surface area contributed by atoms with E-state index in [1.807, 2.05) is 34.8 Å². The van der Waals surface area contributed by atoms with E-state index in [1.165, 1.54) is 0 Å². The van der Waals surface area contributed by atoms with Crippen LogP contribution in [0, 0.1) is 0 Å². The molecule has 1 aromatic carbocycles. The number of carbonyl (C=O) groups is 1. The molecule has 0 radical (unpaired) electrons. The minimum absolute atomic E-state index is 0.115. The lowest BCUT2D eigenvalue weighted by Crippen LogP contribution is -2.49. The highest BCUT2D eigenvalue weighted by molar-refractivity contribution is 5.85. The number of likely N-dealkylation sites (tertiary alicyclic amines) is 1. The molecule has 31 heavy (non-hydrogen) atoms. The average molecular weight is 424 g/mol. The van der Waals surface area contributed by atoms with Gasteiger partial charge < -0.3 is 14.2 Å². The molecule has 2 aliphatic heterocycles. The normalized spacial score (nSPS) is 22.6. The molecule has 0 bridgehead atoms. The van der Waals surface area contributed by atoms with Crippen LogP contribution in [0.5, 0.6) is 0 Å². The Morgan fingerprint density at radius 3 is 2.77 bits per heavy atom. The Morgan fingerprint density at radius 1 is 1.26 bits per heavy atom. The summed E-state index contributed by atoms with van der Waals surface area (Å²) in [5.41, 5.74) is 1.34. The molecule has 1 amide bonds. The minimum Gasteiger partial charge on any atom is -0.365 e. The maximum Gasteiger partial charge on any atom is 0.254 e. The molecular weight excluding hydrogens is 394 g/mol. The van der Waals surface area contributed by atoms with E-state index in [0.717, 1.165) is 42.1 Å². The molecule has 2 aliphatic rings. The first-order valence-electron chi connectivity index (χ1n) is 11.2. The number of carbonyl (C=O) groups excluding carboxylic acids is 1. The molecular formula is C23H29N5O3. The molecule has 5 rings (SSSR count). The van der Waals surface area contributed by atoms with Gasteiger partial charge in [-0.05, 0) is 52.5 Å². The Kier molecular flexibility index (Phi) is 5.04. The fourth-order valence-corrected chi connectivity index (χ4v) is 4.72. The molecule has 1 atom stereocenters. The number of benzene rings is 1. The molecule has 0 N–H and O–H groups in total. The second kappa shape index (κ2) is 7.75. The van der Waals surface area contributed by atoms with E-state index in [0.29, 0.717) is 31.4 Å². The maximum absolute atomic E-state index is 12.9. The van der Waals surface area contributed by atoms with E-state index in [4.69, 9.17) is 14.2 Å². The van der Waals surface area contributed by atoms with Crippen LogP contribution in [0.25, 0.3) is 22.3 Å². The Bertz CT molecular complexity index is 1090. The van der Waals surface area contributed by atoms with Gasteiger partial charge in [-0.2, -0.15) is 10.1 Å². The van der Waals surface area contributed by atoms with Crippen molar-refractivity contribution >= 4 is 16.8 Å². The number of hydrogen-bond acceptors (Lipinski definition) is 6. The molecule has 0 spiro atoms. The highest BCUT2D eigenvalue weighted by Gasteiger charge is 2.41. The summed E-state index contributed by atoms with van der Waals surface area (Å²) < 4.78 is 13.4. The number of ether oxygens (including phenoxy) is 1. The van der Waals surface area contributed by atoms with Crippen molar-refractivity contribution in [2.45, 2.75) is 64.0 Å². The van der Waals surface area contributed by atoms with Gasteiger partial charge in [0.05, 0.1) is 11.7 Å². The summed E-state index contributed by atoms with van der Waals surface area (Å²) in [7, 11) is 0. The van der Waals surface area contributed by atoms with Crippen LogP contribution in [-0.2, 0) is 9.53 Å². The van der Waals surface area contributed by atoms with Gasteiger partial charge in [0.1, 0.15) is 5.60 Å². The van der Waals surface area contributed by atoms with E-state index in [-0.39, 0.29) is 17.9 Å². The van der Waals surface area contributed by atoms with Gasteiger partial charge in [-0.1, -0.05) is 17.3 Å². The summed E-state index contributed by atoms with van der Waals surface area (Å²) in [6.45, 7) is 8.21. The van der Waals surface area contributed by atoms with E-state index >= 15 is 0 Å². The van der Waals surface area contributed by atoms with E-state index in [9.17, 15) is 4.79 Å². The van der Waals surface area contributed by atoms with Gasteiger partial charge in [-0.3, -0.25) is 9.48 Å². The molecule has 2 fully saturated rings. The van der Waals surface area contributed by atoms with E-state index < -0.39 is 5.60 Å². The summed E-state index contributed by atoms with van der Waals surface area (Å²) >= 11 is 0. The molecule has 1 unspecified atom stereocenters. The largest absolute Gasteiger partial charge is 0.365 e. The van der Waals surface area contributed by atoms with Crippen LogP contribution >= 0.6 is 0 Å². The first-order valence-corrected chi connectivity index (χ1v) is 11.2. The number of piperidine rings is 1. The molecule has 2 aromatic heterocycles. The van der Waals surface area contributed by atoms with Gasteiger partial charge in [0.2, 0.25) is 11.7 Å². The molecule has 164 valence electrons. The zero-order valence-electron chi connectivity index (χ0n) is 18.4. The smallest absolute Gasteiger partial charge is 0.254 e. The third kappa shape index (κ3) is 3.63. The fraction of sp³-hybridized carbons (Fsp3) is 0.565. The number of fused-ring (bicyclic) bond motifs is 1. The standard InChI is InChI=1S/C23H29N5O3/c1-15(2)28-19-13-17(5-6-18(19)14-24-28)20-25-21(31-26-20)16-7-10-27(11-8-16)22(29)23(3)9-4-12-30-23/h5-6,13-16H,4,7-12H2,1-3H3. The van der Waals surface area contributed by atoms with Crippen molar-refractivity contribution in [3.8, 4) is 11.4 Å². The van der Waals surface area contributed by atoms with Crippen LogP contribution < -0.4 is 0 Å². The lowest BCUT2D eigenvalue weighted by atomic mass is 9.94. The van der Waals surface area contributed by atoms with Gasteiger partial charge in [-0.25, -0.2) is 0 Å². The first kappa shape index (κ1) is 20.2. The minimum atomic E-state index is -0.647. The molecule has 8 heteroatoms. The average Bonchev–Trinajstić information content (AvgIpc) is 3.52. The summed E-state index contributed by atoms with van der Waals surface area (Å²) in [5, 5.41) is 9.81. The Balaban J connectivity index is 1.29. The van der Waals surface area contributed by atoms with Crippen LogP contribution in [0.15, 0.2) is 28.9 Å². The lowest BCUT2D eigenvalue weighted by molar-refractivity contribution is -0.152. The van der Waals surface area contributed by atoms with Crippen molar-refractivity contribution in [1.82, 2.24) is 24.8 Å². The SMILES string of the molecule is CC(C)n1ncc2ccc(-c3noc(C4CCN(C(=O)C5(C)CCCO5)CC4)n3)cc21. The summed E-state index contributed by atoms with van der Waals surface area (Å²) in [5.74, 6) is 1.54. The number of nitrogens with zero attached hydrogens (tertiary/aromatic N) is 5. The highest BCUT2D eigenvalue weighted by Crippen LogP contribution is 2.33. The van der Waals surface area contributed by atoms with E-state index in [2.05, 4.69) is 30.2 Å². The second-order valence-electron chi connectivity index (χ2n) is 9.16. The molecule has 2 saturated heterocycles. The van der Waals surface area contributed by atoms with Crippen LogP contribution in [-0.4, -0.2) is 56.0 Å². The third-order valence-corrected chi connectivity index (χ3v) is 6.59. The second-order valence-corrected chi connectivity index (χ2v) is 9.16. The fourth-order valence-electron chi connectivity index (χ4n) is 4.72. The van der Waals surface area contributed by atoms with Gasteiger partial charge in [0.15, 0.2) is 0 Å². The first-order chi connectivity index (χ1) is 14.9. The Morgan fingerprint density at radius 2 is 2.06 bits per heavy atom. The van der Waals surface area contributed by atoms with Crippen LogP contribution in [0.4, 0.5) is 0 Å². The zero-order valence-corrected chi connectivity index (χ0v) is 18.4. The third-order valence-electron chi connectivity index (χ3n) is 6.59. The van der Waals surface area contributed by atoms with Gasteiger partial charge >= 0.3 is 0 Å². The molecule has 8 nitrogen and oxygen atoms in total. The van der Waals surface area contributed by atoms with Crippen molar-refractivity contribution in [3.05, 3.63) is 30.3 Å².